The van der Waals surface area contributed by atoms with Gasteiger partial charge in [0.2, 0.25) is 0 Å². The Bertz CT molecular complexity index is 572. The Morgan fingerprint density at radius 3 is 2.64 bits per heavy atom. The molecular formula is C23H40N4O. The topological polar surface area (TPSA) is 65.6 Å². The first-order valence-electron chi connectivity index (χ1n) is 11.0. The smallest absolute Gasteiger partial charge is 0.198 e. The molecule has 5 nitrogen and oxygen atoms in total. The number of piperidine rings is 1. The Hall–Kier alpha value is -1.75. The first kappa shape index (κ1) is 22.5. The molecular weight excluding hydrogens is 348 g/mol. The van der Waals surface area contributed by atoms with Gasteiger partial charge in [0, 0.05) is 25.3 Å². The van der Waals surface area contributed by atoms with Crippen LogP contribution in [0.5, 0.6) is 5.75 Å². The van der Waals surface area contributed by atoms with Gasteiger partial charge in [-0.15, -0.1) is 0 Å². The summed E-state index contributed by atoms with van der Waals surface area (Å²) in [5.74, 6) is 2.92. The van der Waals surface area contributed by atoms with Crippen LogP contribution in [0.1, 0.15) is 59.3 Å². The van der Waals surface area contributed by atoms with E-state index in [0.29, 0.717) is 18.4 Å². The molecule has 0 aliphatic carbocycles. The lowest BCUT2D eigenvalue weighted by molar-refractivity contribution is 0.268. The summed E-state index contributed by atoms with van der Waals surface area (Å²) in [5.41, 5.74) is 6.79. The summed E-state index contributed by atoms with van der Waals surface area (Å²) in [6.45, 7) is 10.9. The molecule has 5 heteroatoms. The summed E-state index contributed by atoms with van der Waals surface area (Å²) in [4.78, 5) is 4.31. The summed E-state index contributed by atoms with van der Waals surface area (Å²) in [6, 6.07) is 8.20. The molecule has 28 heavy (non-hydrogen) atoms. The van der Waals surface area contributed by atoms with Crippen molar-refractivity contribution in [3.63, 3.8) is 0 Å². The van der Waals surface area contributed by atoms with Crippen LogP contribution in [0, 0.1) is 17.2 Å². The Morgan fingerprint density at radius 2 is 2.00 bits per heavy atom. The molecule has 1 aliphatic heterocycles. The van der Waals surface area contributed by atoms with E-state index in [4.69, 9.17) is 15.9 Å². The molecule has 1 fully saturated rings. The summed E-state index contributed by atoms with van der Waals surface area (Å²) in [5, 5.41) is 8.77. The second-order valence-corrected chi connectivity index (χ2v) is 8.54. The highest BCUT2D eigenvalue weighted by molar-refractivity contribution is 5.93. The molecule has 3 N–H and O–H groups in total. The largest absolute Gasteiger partial charge is 0.494 e. The number of hydrogen-bond donors (Lipinski definition) is 2. The van der Waals surface area contributed by atoms with Gasteiger partial charge in [-0.1, -0.05) is 27.2 Å². The fourth-order valence-electron chi connectivity index (χ4n) is 3.73. The zero-order valence-electron chi connectivity index (χ0n) is 18.1. The number of guanidine groups is 1. The van der Waals surface area contributed by atoms with E-state index in [2.05, 4.69) is 42.7 Å². The van der Waals surface area contributed by atoms with Crippen LogP contribution in [0.2, 0.25) is 0 Å². The van der Waals surface area contributed by atoms with Gasteiger partial charge in [-0.25, -0.2) is 0 Å². The third-order valence-electron chi connectivity index (χ3n) is 5.39. The third kappa shape index (κ3) is 7.34. The summed E-state index contributed by atoms with van der Waals surface area (Å²) in [7, 11) is 0. The van der Waals surface area contributed by atoms with Crippen molar-refractivity contribution in [1.82, 2.24) is 4.90 Å². The minimum Gasteiger partial charge on any atom is -0.494 e. The summed E-state index contributed by atoms with van der Waals surface area (Å²) in [6.07, 6.45) is 6.87. The number of nitrogens with one attached hydrogen (secondary N) is 1. The van der Waals surface area contributed by atoms with Crippen molar-refractivity contribution in [2.24, 2.45) is 17.6 Å². The number of ether oxygens (including phenoxy) is 1. The van der Waals surface area contributed by atoms with Crippen LogP contribution >= 0.6 is 0 Å². The first-order valence-corrected chi connectivity index (χ1v) is 11.0. The highest BCUT2D eigenvalue weighted by Crippen LogP contribution is 2.23. The Morgan fingerprint density at radius 1 is 1.25 bits per heavy atom. The quantitative estimate of drug-likeness (QED) is 0.346. The van der Waals surface area contributed by atoms with Crippen molar-refractivity contribution in [2.45, 2.75) is 59.3 Å². The third-order valence-corrected chi connectivity index (χ3v) is 5.39. The molecule has 0 radical (unpaired) electrons. The number of rotatable bonds is 10. The molecule has 0 amide bonds. The number of likely N-dealkylation sites (tertiary alicyclic amines) is 1. The van der Waals surface area contributed by atoms with Gasteiger partial charge < -0.3 is 20.3 Å². The van der Waals surface area contributed by atoms with Gasteiger partial charge in [0.1, 0.15) is 5.75 Å². The molecule has 0 bridgehead atoms. The van der Waals surface area contributed by atoms with Crippen LogP contribution in [0.15, 0.2) is 24.3 Å². The van der Waals surface area contributed by atoms with Crippen molar-refractivity contribution in [1.29, 1.82) is 5.41 Å². The summed E-state index contributed by atoms with van der Waals surface area (Å²) >= 11 is 0. The minimum atomic E-state index is 0.599. The van der Waals surface area contributed by atoms with Crippen LogP contribution in [0.4, 0.5) is 5.69 Å². The van der Waals surface area contributed by atoms with E-state index in [1.54, 1.807) is 0 Å². The van der Waals surface area contributed by atoms with Crippen molar-refractivity contribution in [3.05, 3.63) is 24.3 Å². The number of benzene rings is 1. The molecule has 2 rings (SSSR count). The molecule has 1 aliphatic rings. The van der Waals surface area contributed by atoms with E-state index < -0.39 is 0 Å². The maximum atomic E-state index is 8.77. The van der Waals surface area contributed by atoms with Crippen molar-refractivity contribution in [2.75, 3.05) is 37.7 Å². The second-order valence-electron chi connectivity index (χ2n) is 8.54. The van der Waals surface area contributed by atoms with Crippen LogP contribution in [0.25, 0.3) is 0 Å². The second kappa shape index (κ2) is 11.9. The van der Waals surface area contributed by atoms with E-state index in [1.807, 2.05) is 12.1 Å². The van der Waals surface area contributed by atoms with Gasteiger partial charge in [-0.3, -0.25) is 5.41 Å². The van der Waals surface area contributed by atoms with E-state index in [9.17, 15) is 0 Å². The molecule has 0 spiro atoms. The van der Waals surface area contributed by atoms with Crippen molar-refractivity contribution >= 4 is 11.6 Å². The monoisotopic (exact) mass is 388 g/mol. The lowest BCUT2D eigenvalue weighted by atomic mass is 10.0. The van der Waals surface area contributed by atoms with Crippen molar-refractivity contribution in [3.8, 4) is 5.75 Å². The molecule has 0 aromatic heterocycles. The van der Waals surface area contributed by atoms with Crippen LogP contribution < -0.4 is 15.4 Å². The predicted octanol–water partition coefficient (Wildman–Crippen LogP) is 4.71. The molecule has 1 heterocycles. The Labute approximate surface area is 171 Å². The highest BCUT2D eigenvalue weighted by atomic mass is 16.5. The van der Waals surface area contributed by atoms with Gasteiger partial charge in [0.15, 0.2) is 5.96 Å². The SMILES string of the molecule is CC(C)CCCCOc1ccc(N(CCCN)C(=N)N2CCCC(C)C2)cc1. The lowest BCUT2D eigenvalue weighted by Crippen LogP contribution is -2.48. The molecule has 1 aromatic carbocycles. The van der Waals surface area contributed by atoms with Crippen LogP contribution in [-0.2, 0) is 0 Å². The van der Waals surface area contributed by atoms with Gasteiger partial charge in [-0.2, -0.15) is 0 Å². The molecule has 1 atom stereocenters. The van der Waals surface area contributed by atoms with Crippen LogP contribution in [-0.4, -0.2) is 43.6 Å². The number of nitrogens with two attached hydrogens (primary N) is 1. The minimum absolute atomic E-state index is 0.599. The fourth-order valence-corrected chi connectivity index (χ4v) is 3.73. The maximum Gasteiger partial charge on any atom is 0.198 e. The molecule has 1 saturated heterocycles. The van der Waals surface area contributed by atoms with E-state index in [1.165, 1.54) is 19.3 Å². The lowest BCUT2D eigenvalue weighted by Gasteiger charge is -2.38. The van der Waals surface area contributed by atoms with Gasteiger partial charge >= 0.3 is 0 Å². The average Bonchev–Trinajstić information content (AvgIpc) is 2.68. The maximum absolute atomic E-state index is 8.77. The number of unbranched alkanes of at least 4 members (excludes halogenated alkanes) is 1. The Balaban J connectivity index is 1.94. The van der Waals surface area contributed by atoms with Crippen LogP contribution in [0.3, 0.4) is 0 Å². The standard InChI is InChI=1S/C23H40N4O/c1-19(2)8-4-5-17-28-22-12-10-21(11-13-22)27(16-7-14-24)23(25)26-15-6-9-20(3)18-26/h10-13,19-20,25H,4-9,14-18,24H2,1-3H3. The zero-order valence-corrected chi connectivity index (χ0v) is 18.1. The molecule has 1 unspecified atom stereocenters. The molecule has 1 aromatic rings. The summed E-state index contributed by atoms with van der Waals surface area (Å²) < 4.78 is 5.89. The van der Waals surface area contributed by atoms with Gasteiger partial charge in [-0.05, 0) is 74.8 Å². The van der Waals surface area contributed by atoms with Gasteiger partial charge in [0.05, 0.1) is 6.61 Å². The fraction of sp³-hybridized carbons (Fsp3) is 0.696. The normalized spacial score (nSPS) is 17.0. The number of hydrogen-bond acceptors (Lipinski definition) is 3. The first-order chi connectivity index (χ1) is 13.5. The van der Waals surface area contributed by atoms with Crippen molar-refractivity contribution < 1.29 is 4.74 Å². The van der Waals surface area contributed by atoms with E-state index in [-0.39, 0.29) is 0 Å². The van der Waals surface area contributed by atoms with Gasteiger partial charge in [0.25, 0.3) is 0 Å². The molecule has 0 saturated carbocycles. The molecule has 158 valence electrons. The Kier molecular flexibility index (Phi) is 9.62. The predicted molar refractivity (Wildman–Crippen MR) is 119 cm³/mol. The number of nitrogens with zero attached hydrogens (tertiary/aromatic N) is 2. The zero-order chi connectivity index (χ0) is 20.4. The average molecular weight is 389 g/mol. The highest BCUT2D eigenvalue weighted by Gasteiger charge is 2.23. The van der Waals surface area contributed by atoms with E-state index >= 15 is 0 Å². The number of anilines is 1. The van der Waals surface area contributed by atoms with E-state index in [0.717, 1.165) is 62.9 Å².